The number of ether oxygens (including phenoxy) is 1. The smallest absolute Gasteiger partial charge is 0.407 e. The van der Waals surface area contributed by atoms with E-state index in [1.165, 1.54) is 8.93 Å². The fourth-order valence-electron chi connectivity index (χ4n) is 1.48. The Morgan fingerprint density at radius 1 is 1.56 bits per heavy atom. The number of halogens is 1. The molecule has 1 amide bonds. The van der Waals surface area contributed by atoms with Crippen molar-refractivity contribution >= 4 is 36.2 Å². The SMILES string of the molecule is O=C1N[C@H](c2cccc(C#CSI)c2)CO1. The van der Waals surface area contributed by atoms with E-state index in [1.54, 1.807) is 0 Å². The summed E-state index contributed by atoms with van der Waals surface area (Å²) in [6.07, 6.45) is -0.357. The maximum absolute atomic E-state index is 10.9. The fraction of sp³-hybridized carbons (Fsp3) is 0.182. The highest BCUT2D eigenvalue weighted by Gasteiger charge is 2.23. The molecule has 1 atom stereocenters. The van der Waals surface area contributed by atoms with Gasteiger partial charge >= 0.3 is 6.09 Å². The highest BCUT2D eigenvalue weighted by Crippen LogP contribution is 2.19. The number of hydrogen-bond acceptors (Lipinski definition) is 3. The molecular weight excluding hydrogens is 337 g/mol. The molecule has 2 rings (SSSR count). The summed E-state index contributed by atoms with van der Waals surface area (Å²) in [5.74, 6) is 3.02. The Morgan fingerprint density at radius 3 is 3.12 bits per heavy atom. The van der Waals surface area contributed by atoms with Crippen LogP contribution in [0, 0.1) is 11.2 Å². The van der Waals surface area contributed by atoms with Crippen LogP contribution in [0.4, 0.5) is 4.79 Å². The Bertz CT molecular complexity index is 467. The number of carbonyl (C=O) groups is 1. The zero-order valence-electron chi connectivity index (χ0n) is 8.20. The number of carbonyl (C=O) groups excluding carboxylic acids is 1. The first-order valence-corrected chi connectivity index (χ1v) is 7.97. The second-order valence-corrected chi connectivity index (χ2v) is 4.90. The first-order chi connectivity index (χ1) is 7.79. The van der Waals surface area contributed by atoms with E-state index in [9.17, 15) is 4.79 Å². The third kappa shape index (κ3) is 2.83. The standard InChI is InChI=1S/C11H8INO2S/c12-16-5-4-8-2-1-3-9(6-8)10-7-15-11(14)13-10/h1-3,6,10H,7H2,(H,13,14)/t10-/m0/s1. The third-order valence-corrected chi connectivity index (χ3v) is 3.04. The van der Waals surface area contributed by atoms with Gasteiger partial charge < -0.3 is 10.1 Å². The van der Waals surface area contributed by atoms with E-state index in [2.05, 4.69) is 37.7 Å². The van der Waals surface area contributed by atoms with E-state index in [0.29, 0.717) is 6.61 Å². The zero-order chi connectivity index (χ0) is 11.4. The van der Waals surface area contributed by atoms with Gasteiger partial charge in [-0.05, 0) is 31.9 Å². The number of rotatable bonds is 1. The van der Waals surface area contributed by atoms with E-state index in [0.717, 1.165) is 11.1 Å². The van der Waals surface area contributed by atoms with Crippen LogP contribution in [0.2, 0.25) is 0 Å². The molecular formula is C11H8INO2S. The summed E-state index contributed by atoms with van der Waals surface area (Å²) >= 11 is 2.13. The van der Waals surface area contributed by atoms with E-state index < -0.39 is 0 Å². The van der Waals surface area contributed by atoms with Gasteiger partial charge in [0.1, 0.15) is 6.61 Å². The molecule has 0 aromatic heterocycles. The van der Waals surface area contributed by atoms with Gasteiger partial charge in [-0.3, -0.25) is 0 Å². The van der Waals surface area contributed by atoms with Crippen molar-refractivity contribution < 1.29 is 9.53 Å². The molecule has 0 spiro atoms. The van der Waals surface area contributed by atoms with Crippen LogP contribution in [-0.2, 0) is 4.74 Å². The molecule has 0 saturated carbocycles. The molecule has 1 heterocycles. The van der Waals surface area contributed by atoms with Crippen molar-refractivity contribution in [3.8, 4) is 11.2 Å². The van der Waals surface area contributed by atoms with Crippen molar-refractivity contribution in [1.29, 1.82) is 0 Å². The minimum Gasteiger partial charge on any atom is -0.447 e. The van der Waals surface area contributed by atoms with Crippen LogP contribution in [0.15, 0.2) is 24.3 Å². The largest absolute Gasteiger partial charge is 0.447 e. The monoisotopic (exact) mass is 345 g/mol. The number of amides is 1. The van der Waals surface area contributed by atoms with Gasteiger partial charge in [0.15, 0.2) is 0 Å². The van der Waals surface area contributed by atoms with Crippen LogP contribution in [0.1, 0.15) is 17.2 Å². The molecule has 1 aliphatic rings. The second kappa shape index (κ2) is 5.46. The van der Waals surface area contributed by atoms with Gasteiger partial charge in [0.05, 0.1) is 6.04 Å². The molecule has 1 fully saturated rings. The maximum atomic E-state index is 10.9. The Morgan fingerprint density at radius 2 is 2.44 bits per heavy atom. The van der Waals surface area contributed by atoms with Crippen molar-refractivity contribution in [2.45, 2.75) is 6.04 Å². The van der Waals surface area contributed by atoms with E-state index in [1.807, 2.05) is 24.3 Å². The molecule has 1 saturated heterocycles. The first-order valence-electron chi connectivity index (χ1n) is 4.61. The summed E-state index contributed by atoms with van der Waals surface area (Å²) in [7, 11) is 1.45. The summed E-state index contributed by atoms with van der Waals surface area (Å²) in [5.41, 5.74) is 1.97. The molecule has 1 aromatic rings. The highest BCUT2D eigenvalue weighted by molar-refractivity contribution is 14.2. The van der Waals surface area contributed by atoms with Crippen LogP contribution in [-0.4, -0.2) is 12.7 Å². The lowest BCUT2D eigenvalue weighted by Crippen LogP contribution is -2.18. The van der Waals surface area contributed by atoms with Crippen LogP contribution < -0.4 is 5.32 Å². The number of alkyl carbamates (subject to hydrolysis) is 1. The molecule has 82 valence electrons. The molecule has 1 aliphatic heterocycles. The normalized spacial score (nSPS) is 18.3. The quantitative estimate of drug-likeness (QED) is 0.628. The summed E-state index contributed by atoms with van der Waals surface area (Å²) in [5, 5.41) is 5.66. The first kappa shape index (κ1) is 11.6. The predicted octanol–water partition coefficient (Wildman–Crippen LogP) is 2.86. The molecule has 0 aliphatic carbocycles. The van der Waals surface area contributed by atoms with Gasteiger partial charge in [-0.2, -0.15) is 0 Å². The van der Waals surface area contributed by atoms with Gasteiger partial charge in [-0.25, -0.2) is 4.79 Å². The molecule has 16 heavy (non-hydrogen) atoms. The fourth-order valence-corrected chi connectivity index (χ4v) is 1.96. The minimum absolute atomic E-state index is 0.0542. The lowest BCUT2D eigenvalue weighted by Gasteiger charge is -2.07. The zero-order valence-corrected chi connectivity index (χ0v) is 11.2. The van der Waals surface area contributed by atoms with Gasteiger partial charge in [-0.1, -0.05) is 18.1 Å². The lowest BCUT2D eigenvalue weighted by molar-refractivity contribution is 0.177. The van der Waals surface area contributed by atoms with E-state index >= 15 is 0 Å². The molecule has 0 radical (unpaired) electrons. The van der Waals surface area contributed by atoms with Crippen molar-refractivity contribution in [3.63, 3.8) is 0 Å². The Hall–Kier alpha value is -0.870. The average Bonchev–Trinajstić information content (AvgIpc) is 2.74. The van der Waals surface area contributed by atoms with Gasteiger partial charge in [0.25, 0.3) is 0 Å². The molecule has 1 aromatic carbocycles. The summed E-state index contributed by atoms with van der Waals surface area (Å²) in [4.78, 5) is 10.9. The number of hydrogen-bond donors (Lipinski definition) is 1. The summed E-state index contributed by atoms with van der Waals surface area (Å²) in [6.45, 7) is 0.386. The Kier molecular flexibility index (Phi) is 3.96. The second-order valence-electron chi connectivity index (χ2n) is 3.23. The van der Waals surface area contributed by atoms with Crippen molar-refractivity contribution in [2.24, 2.45) is 0 Å². The summed E-state index contributed by atoms with van der Waals surface area (Å²) in [6, 6.07) is 7.76. The van der Waals surface area contributed by atoms with Crippen LogP contribution in [0.3, 0.4) is 0 Å². The number of benzene rings is 1. The van der Waals surface area contributed by atoms with Crippen LogP contribution >= 0.6 is 30.1 Å². The topological polar surface area (TPSA) is 38.3 Å². The summed E-state index contributed by atoms with van der Waals surface area (Å²) < 4.78 is 4.85. The van der Waals surface area contributed by atoms with Crippen molar-refractivity contribution in [3.05, 3.63) is 35.4 Å². The van der Waals surface area contributed by atoms with Crippen molar-refractivity contribution in [2.75, 3.05) is 6.61 Å². The Labute approximate surface area is 110 Å². The highest BCUT2D eigenvalue weighted by atomic mass is 127. The van der Waals surface area contributed by atoms with E-state index in [-0.39, 0.29) is 12.1 Å². The number of cyclic esters (lactones) is 1. The van der Waals surface area contributed by atoms with Crippen LogP contribution in [0.25, 0.3) is 0 Å². The van der Waals surface area contributed by atoms with Gasteiger partial charge in [-0.15, -0.1) is 0 Å². The predicted molar refractivity (Wildman–Crippen MR) is 72.2 cm³/mol. The Balaban J connectivity index is 2.19. The van der Waals surface area contributed by atoms with E-state index in [4.69, 9.17) is 4.74 Å². The van der Waals surface area contributed by atoms with Gasteiger partial charge in [0, 0.05) is 26.8 Å². The maximum Gasteiger partial charge on any atom is 0.407 e. The lowest BCUT2D eigenvalue weighted by atomic mass is 10.1. The average molecular weight is 345 g/mol. The molecule has 0 unspecified atom stereocenters. The van der Waals surface area contributed by atoms with Gasteiger partial charge in [0.2, 0.25) is 0 Å². The molecule has 1 N–H and O–H groups in total. The minimum atomic E-state index is -0.357. The molecule has 3 nitrogen and oxygen atoms in total. The van der Waals surface area contributed by atoms with Crippen LogP contribution in [0.5, 0.6) is 0 Å². The molecule has 0 bridgehead atoms. The third-order valence-electron chi connectivity index (χ3n) is 2.20. The molecule has 5 heteroatoms. The van der Waals surface area contributed by atoms with Crippen molar-refractivity contribution in [1.82, 2.24) is 5.32 Å². The number of nitrogens with one attached hydrogen (secondary N) is 1.